The fraction of sp³-hybridized carbons (Fsp3) is 0.800. The van der Waals surface area contributed by atoms with Gasteiger partial charge in [-0.15, -0.1) is 0 Å². The van der Waals surface area contributed by atoms with Gasteiger partial charge in [-0.25, -0.2) is 0 Å². The Labute approximate surface area is 38.7 Å². The molecule has 1 saturated heterocycles. The van der Waals surface area contributed by atoms with Crippen LogP contribution < -0.4 is 5.32 Å². The van der Waals surface area contributed by atoms with Crippen molar-refractivity contribution in [3.05, 3.63) is 6.42 Å². The number of hydrogen-bond acceptors (Lipinski definition) is 1. The molecule has 1 atom stereocenters. The van der Waals surface area contributed by atoms with E-state index in [9.17, 15) is 0 Å². The monoisotopic (exact) mass is 84.1 g/mol. The smallest absolute Gasteiger partial charge is 0.0108 e. The first kappa shape index (κ1) is 4.13. The average Bonchev–Trinajstić information content (AvgIpc) is 1.31. The lowest BCUT2D eigenvalue weighted by Gasteiger charge is -2.25. The molecule has 1 rings (SSSR count). The maximum Gasteiger partial charge on any atom is 0.0108 e. The van der Waals surface area contributed by atoms with Crippen molar-refractivity contribution in [1.29, 1.82) is 0 Å². The summed E-state index contributed by atoms with van der Waals surface area (Å²) in [7, 11) is 0. The van der Waals surface area contributed by atoms with Gasteiger partial charge in [0.1, 0.15) is 0 Å². The highest BCUT2D eigenvalue weighted by Crippen LogP contribution is 2.02. The van der Waals surface area contributed by atoms with Crippen LogP contribution in [0.1, 0.15) is 13.3 Å². The Bertz CT molecular complexity index is 36.4. The van der Waals surface area contributed by atoms with Crippen molar-refractivity contribution in [3.8, 4) is 0 Å². The molecule has 1 aliphatic rings. The summed E-state index contributed by atoms with van der Waals surface area (Å²) < 4.78 is 0. The third-order valence-corrected chi connectivity index (χ3v) is 1.26. The summed E-state index contributed by atoms with van der Waals surface area (Å²) in [4.78, 5) is 0. The molecule has 1 heteroatoms. The van der Waals surface area contributed by atoms with Gasteiger partial charge in [-0.1, -0.05) is 6.92 Å². The van der Waals surface area contributed by atoms with Crippen LogP contribution in [0.3, 0.4) is 0 Å². The van der Waals surface area contributed by atoms with Crippen molar-refractivity contribution in [1.82, 2.24) is 5.32 Å². The predicted octanol–water partition coefficient (Wildman–Crippen LogP) is 0.572. The summed E-state index contributed by atoms with van der Waals surface area (Å²) in [6, 6.07) is 0.741. The lowest BCUT2D eigenvalue weighted by molar-refractivity contribution is 0.414. The molecule has 0 saturated carbocycles. The van der Waals surface area contributed by atoms with E-state index in [-0.39, 0.29) is 0 Å². The highest BCUT2D eigenvalue weighted by atomic mass is 15.0. The highest BCUT2D eigenvalue weighted by Gasteiger charge is 2.12. The fourth-order valence-electron chi connectivity index (χ4n) is 0.596. The molecule has 1 nitrogen and oxygen atoms in total. The Kier molecular flexibility index (Phi) is 1.10. The SMILES string of the molecule is C[CH]C1CCN1. The van der Waals surface area contributed by atoms with Crippen LogP contribution in [0.4, 0.5) is 0 Å². The van der Waals surface area contributed by atoms with Gasteiger partial charge in [0.05, 0.1) is 0 Å². The van der Waals surface area contributed by atoms with Crippen molar-refractivity contribution in [2.75, 3.05) is 6.54 Å². The first-order valence-electron chi connectivity index (χ1n) is 2.46. The summed E-state index contributed by atoms with van der Waals surface area (Å²) >= 11 is 0. The Morgan fingerprint density at radius 2 is 2.50 bits per heavy atom. The standard InChI is InChI=1S/C5H10N/c1-2-5-3-4-6-5/h2,5-6H,3-4H2,1H3. The van der Waals surface area contributed by atoms with Gasteiger partial charge in [0.2, 0.25) is 0 Å². The van der Waals surface area contributed by atoms with Gasteiger partial charge in [-0.2, -0.15) is 0 Å². The van der Waals surface area contributed by atoms with Crippen LogP contribution in [-0.2, 0) is 0 Å². The molecule has 0 aromatic rings. The van der Waals surface area contributed by atoms with E-state index in [0.29, 0.717) is 0 Å². The Morgan fingerprint density at radius 3 is 2.50 bits per heavy atom. The number of rotatable bonds is 1. The van der Waals surface area contributed by atoms with Gasteiger partial charge in [0.15, 0.2) is 0 Å². The largest absolute Gasteiger partial charge is 0.314 e. The van der Waals surface area contributed by atoms with E-state index in [1.807, 2.05) is 0 Å². The molecule has 1 N–H and O–H groups in total. The van der Waals surface area contributed by atoms with Crippen LogP contribution in [0.25, 0.3) is 0 Å². The summed E-state index contributed by atoms with van der Waals surface area (Å²) in [5.74, 6) is 0. The quantitative estimate of drug-likeness (QED) is 0.490. The van der Waals surface area contributed by atoms with Gasteiger partial charge in [-0.3, -0.25) is 0 Å². The first-order valence-corrected chi connectivity index (χ1v) is 2.46. The van der Waals surface area contributed by atoms with Gasteiger partial charge < -0.3 is 5.32 Å². The van der Waals surface area contributed by atoms with E-state index in [1.165, 1.54) is 13.0 Å². The second kappa shape index (κ2) is 1.61. The summed E-state index contributed by atoms with van der Waals surface area (Å²) in [5, 5.41) is 3.24. The van der Waals surface area contributed by atoms with Gasteiger partial charge >= 0.3 is 0 Å². The van der Waals surface area contributed by atoms with Gasteiger partial charge in [0.25, 0.3) is 0 Å². The lowest BCUT2D eigenvalue weighted by atomic mass is 10.1. The second-order valence-corrected chi connectivity index (χ2v) is 1.68. The van der Waals surface area contributed by atoms with Crippen molar-refractivity contribution in [2.45, 2.75) is 19.4 Å². The zero-order chi connectivity index (χ0) is 4.41. The van der Waals surface area contributed by atoms with Crippen LogP contribution in [-0.4, -0.2) is 12.6 Å². The molecule has 1 aliphatic heterocycles. The minimum absolute atomic E-state index is 0.741. The molecule has 6 heavy (non-hydrogen) atoms. The van der Waals surface area contributed by atoms with Crippen LogP contribution in [0.15, 0.2) is 0 Å². The molecule has 1 heterocycles. The molecular formula is C5H10N. The normalized spacial score (nSPS) is 32.5. The highest BCUT2D eigenvalue weighted by molar-refractivity contribution is 4.86. The zero-order valence-electron chi connectivity index (χ0n) is 4.07. The lowest BCUT2D eigenvalue weighted by Crippen LogP contribution is -2.42. The maximum atomic E-state index is 3.24. The van der Waals surface area contributed by atoms with E-state index in [1.54, 1.807) is 0 Å². The number of nitrogens with one attached hydrogen (secondary N) is 1. The Balaban J connectivity index is 2.01. The van der Waals surface area contributed by atoms with Crippen LogP contribution >= 0.6 is 0 Å². The third-order valence-electron chi connectivity index (χ3n) is 1.26. The van der Waals surface area contributed by atoms with E-state index in [0.717, 1.165) is 6.04 Å². The van der Waals surface area contributed by atoms with E-state index in [4.69, 9.17) is 0 Å². The van der Waals surface area contributed by atoms with Crippen molar-refractivity contribution in [3.63, 3.8) is 0 Å². The van der Waals surface area contributed by atoms with Gasteiger partial charge in [0, 0.05) is 6.04 Å². The Morgan fingerprint density at radius 1 is 1.83 bits per heavy atom. The molecule has 0 aromatic heterocycles. The molecule has 0 bridgehead atoms. The van der Waals surface area contributed by atoms with E-state index >= 15 is 0 Å². The van der Waals surface area contributed by atoms with Crippen molar-refractivity contribution < 1.29 is 0 Å². The third kappa shape index (κ3) is 0.548. The van der Waals surface area contributed by atoms with Crippen molar-refractivity contribution in [2.24, 2.45) is 0 Å². The molecule has 0 amide bonds. The summed E-state index contributed by atoms with van der Waals surface area (Å²) in [5.41, 5.74) is 0. The fourth-order valence-corrected chi connectivity index (χ4v) is 0.596. The minimum atomic E-state index is 0.741. The molecule has 1 fully saturated rings. The molecule has 35 valence electrons. The minimum Gasteiger partial charge on any atom is -0.314 e. The Hall–Kier alpha value is -0.0400. The maximum absolute atomic E-state index is 3.24. The van der Waals surface area contributed by atoms with Crippen molar-refractivity contribution >= 4 is 0 Å². The summed E-state index contributed by atoms with van der Waals surface area (Å²) in [6.07, 6.45) is 3.54. The molecule has 1 radical (unpaired) electrons. The van der Waals surface area contributed by atoms with Crippen LogP contribution in [0.5, 0.6) is 0 Å². The second-order valence-electron chi connectivity index (χ2n) is 1.68. The summed E-state index contributed by atoms with van der Waals surface area (Å²) in [6.45, 7) is 3.31. The van der Waals surface area contributed by atoms with E-state index in [2.05, 4.69) is 18.7 Å². The first-order chi connectivity index (χ1) is 2.93. The van der Waals surface area contributed by atoms with Crippen LogP contribution in [0.2, 0.25) is 0 Å². The predicted molar refractivity (Wildman–Crippen MR) is 26.4 cm³/mol. The molecule has 1 unspecified atom stereocenters. The average molecular weight is 84.1 g/mol. The topological polar surface area (TPSA) is 12.0 Å². The zero-order valence-corrected chi connectivity index (χ0v) is 4.07. The molecule has 0 spiro atoms. The number of hydrogen-bond donors (Lipinski definition) is 1. The van der Waals surface area contributed by atoms with Crippen LogP contribution in [0, 0.1) is 6.42 Å². The van der Waals surface area contributed by atoms with Gasteiger partial charge in [-0.05, 0) is 19.4 Å². The molecular weight excluding hydrogens is 74.1 g/mol. The molecule has 0 aliphatic carbocycles. The molecule has 0 aromatic carbocycles. The van der Waals surface area contributed by atoms with E-state index < -0.39 is 0 Å².